The van der Waals surface area contributed by atoms with Crippen LogP contribution in [0.3, 0.4) is 0 Å². The molecule has 0 radical (unpaired) electrons. The Labute approximate surface area is 186 Å². The predicted molar refractivity (Wildman–Crippen MR) is 119 cm³/mol. The fraction of sp³-hybridized carbons (Fsp3) is 0.0909. The van der Waals surface area contributed by atoms with Crippen LogP contribution < -0.4 is 20.5 Å². The molecule has 4 rings (SSSR count). The molecule has 2 N–H and O–H groups in total. The Morgan fingerprint density at radius 2 is 1.71 bits per heavy atom. The number of carbonyl (C=O) groups excluding carboxylic acids is 2. The normalized spacial score (nSPS) is 13.1. The van der Waals surface area contributed by atoms with Crippen LogP contribution in [0.1, 0.15) is 5.56 Å². The van der Waals surface area contributed by atoms with Crippen molar-refractivity contribution in [2.75, 3.05) is 10.7 Å². The number of ether oxygens (including phenoxy) is 1. The largest absolute Gasteiger partial charge is 0.455 e. The molecule has 0 fully saturated rings. The molecule has 1 atom stereocenters. The molecule has 1 aliphatic heterocycles. The average Bonchev–Trinajstić information content (AvgIpc) is 2.94. The summed E-state index contributed by atoms with van der Waals surface area (Å²) in [6, 6.07) is 20.4. The smallest absolute Gasteiger partial charge is 0.341 e. The van der Waals surface area contributed by atoms with E-state index in [0.29, 0.717) is 27.1 Å². The number of halogens is 1. The van der Waals surface area contributed by atoms with Gasteiger partial charge in [-0.25, -0.2) is 10.2 Å². The molecule has 9 heteroatoms. The molecule has 1 unspecified atom stereocenters. The fourth-order valence-electron chi connectivity index (χ4n) is 3.08. The van der Waals surface area contributed by atoms with Crippen molar-refractivity contribution in [2.45, 2.75) is 11.4 Å². The molecule has 7 nitrogen and oxygen atoms in total. The highest BCUT2D eigenvalue weighted by atomic mass is 35.5. The van der Waals surface area contributed by atoms with Gasteiger partial charge in [0, 0.05) is 15.5 Å². The first-order chi connectivity index (χ1) is 15.0. The van der Waals surface area contributed by atoms with E-state index in [4.69, 9.17) is 16.3 Å². The molecule has 0 saturated carbocycles. The highest BCUT2D eigenvalue weighted by Crippen LogP contribution is 2.40. The van der Waals surface area contributed by atoms with Crippen molar-refractivity contribution in [1.29, 1.82) is 0 Å². The zero-order valence-corrected chi connectivity index (χ0v) is 17.8. The lowest BCUT2D eigenvalue weighted by Gasteiger charge is -2.22. The molecule has 3 aromatic rings. The lowest BCUT2D eigenvalue weighted by Crippen LogP contribution is -2.49. The second-order valence-corrected chi connectivity index (χ2v) is 8.58. The van der Waals surface area contributed by atoms with E-state index in [9.17, 15) is 13.8 Å². The minimum atomic E-state index is -1.52. The summed E-state index contributed by atoms with van der Waals surface area (Å²) in [6.45, 7) is 0.209. The monoisotopic (exact) mass is 455 g/mol. The molecular formula is C22H18ClN3O4S. The Morgan fingerprint density at radius 1 is 0.968 bits per heavy atom. The molecule has 0 spiro atoms. The van der Waals surface area contributed by atoms with Crippen LogP contribution in [0, 0.1) is 0 Å². The molecule has 0 saturated heterocycles. The second kappa shape index (κ2) is 9.20. The van der Waals surface area contributed by atoms with Gasteiger partial charge >= 0.3 is 6.03 Å². The van der Waals surface area contributed by atoms with Crippen molar-refractivity contribution < 1.29 is 18.5 Å². The van der Waals surface area contributed by atoms with Crippen LogP contribution in [-0.2, 0) is 22.1 Å². The molecule has 0 aromatic heterocycles. The summed E-state index contributed by atoms with van der Waals surface area (Å²) in [4.78, 5) is 27.1. The van der Waals surface area contributed by atoms with Crippen molar-refractivity contribution in [1.82, 2.24) is 10.9 Å². The van der Waals surface area contributed by atoms with Crippen molar-refractivity contribution in [3.8, 4) is 11.5 Å². The lowest BCUT2D eigenvalue weighted by atomic mass is 10.2. The summed E-state index contributed by atoms with van der Waals surface area (Å²) in [5.41, 5.74) is 5.96. The first-order valence-electron chi connectivity index (χ1n) is 9.36. The topological polar surface area (TPSA) is 87.7 Å². The van der Waals surface area contributed by atoms with Gasteiger partial charge in [0.05, 0.1) is 23.0 Å². The number of anilines is 1. The van der Waals surface area contributed by atoms with Crippen LogP contribution >= 0.6 is 11.6 Å². The quantitative estimate of drug-likeness (QED) is 0.584. The summed E-state index contributed by atoms with van der Waals surface area (Å²) in [5.74, 6) is 0.233. The maximum atomic E-state index is 12.9. The first-order valence-corrected chi connectivity index (χ1v) is 11.1. The fourth-order valence-corrected chi connectivity index (χ4v) is 4.18. The van der Waals surface area contributed by atoms with E-state index in [2.05, 4.69) is 10.9 Å². The van der Waals surface area contributed by atoms with Gasteiger partial charge < -0.3 is 4.74 Å². The van der Waals surface area contributed by atoms with E-state index in [-0.39, 0.29) is 12.3 Å². The molecule has 3 amide bonds. The van der Waals surface area contributed by atoms with Gasteiger partial charge in [0.2, 0.25) is 0 Å². The zero-order chi connectivity index (χ0) is 21.8. The summed E-state index contributed by atoms with van der Waals surface area (Å²) >= 11 is 6.14. The lowest BCUT2D eigenvalue weighted by molar-refractivity contribution is -0.119. The molecule has 3 aromatic carbocycles. The van der Waals surface area contributed by atoms with Gasteiger partial charge in [-0.3, -0.25) is 19.3 Å². The summed E-state index contributed by atoms with van der Waals surface area (Å²) < 4.78 is 18.2. The SMILES string of the molecule is O=C(CS(=O)c1ccccc1)NNC(=O)N1Cc2ccccc2Oc2ccc(Cl)cc21. The van der Waals surface area contributed by atoms with Gasteiger partial charge in [-0.2, -0.15) is 0 Å². The number of nitrogens with one attached hydrogen (secondary N) is 2. The highest BCUT2D eigenvalue weighted by Gasteiger charge is 2.26. The standard InChI is InChI=1S/C22H18ClN3O4S/c23-16-10-11-20-18(12-16)26(13-15-6-4-5-9-19(15)30-20)22(28)25-24-21(27)14-31(29)17-7-2-1-3-8-17/h1-12H,13-14H2,(H,24,27)(H,25,28). The van der Waals surface area contributed by atoms with Crippen LogP contribution in [0.2, 0.25) is 5.02 Å². The number of amides is 3. The van der Waals surface area contributed by atoms with Crippen molar-refractivity contribution in [3.63, 3.8) is 0 Å². The third-order valence-corrected chi connectivity index (χ3v) is 6.11. The van der Waals surface area contributed by atoms with E-state index in [0.717, 1.165) is 5.56 Å². The highest BCUT2D eigenvalue weighted by molar-refractivity contribution is 7.85. The Morgan fingerprint density at radius 3 is 2.52 bits per heavy atom. The van der Waals surface area contributed by atoms with Crippen LogP contribution in [0.5, 0.6) is 11.5 Å². The minimum absolute atomic E-state index is 0.209. The Hall–Kier alpha value is -3.36. The molecule has 1 heterocycles. The Kier molecular flexibility index (Phi) is 6.20. The number of hydrazine groups is 1. The van der Waals surface area contributed by atoms with Crippen LogP contribution in [0.4, 0.5) is 10.5 Å². The van der Waals surface area contributed by atoms with Crippen LogP contribution in [-0.4, -0.2) is 21.9 Å². The Balaban J connectivity index is 1.48. The number of urea groups is 1. The minimum Gasteiger partial charge on any atom is -0.455 e. The number of nitrogens with zero attached hydrogens (tertiary/aromatic N) is 1. The third-order valence-electron chi connectivity index (χ3n) is 4.56. The van der Waals surface area contributed by atoms with Gasteiger partial charge in [-0.1, -0.05) is 48.0 Å². The number of benzene rings is 3. The predicted octanol–water partition coefficient (Wildman–Crippen LogP) is 4.00. The van der Waals surface area contributed by atoms with Crippen molar-refractivity contribution in [2.24, 2.45) is 0 Å². The number of hydrogen-bond donors (Lipinski definition) is 2. The van der Waals surface area contributed by atoms with Gasteiger partial charge in [0.1, 0.15) is 11.5 Å². The number of para-hydroxylation sites is 1. The van der Waals surface area contributed by atoms with Crippen LogP contribution in [0.15, 0.2) is 77.7 Å². The number of hydrogen-bond acceptors (Lipinski definition) is 4. The van der Waals surface area contributed by atoms with Gasteiger partial charge in [0.25, 0.3) is 5.91 Å². The molecular weight excluding hydrogens is 438 g/mol. The molecule has 0 aliphatic carbocycles. The number of rotatable bonds is 3. The van der Waals surface area contributed by atoms with Crippen LogP contribution in [0.25, 0.3) is 0 Å². The summed E-state index contributed by atoms with van der Waals surface area (Å²) in [6.07, 6.45) is 0. The van der Waals surface area contributed by atoms with E-state index < -0.39 is 22.7 Å². The molecule has 158 valence electrons. The van der Waals surface area contributed by atoms with E-state index in [1.54, 1.807) is 48.5 Å². The third kappa shape index (κ3) is 4.87. The first kappa shape index (κ1) is 20.9. The molecule has 1 aliphatic rings. The molecule has 0 bridgehead atoms. The van der Waals surface area contributed by atoms with Gasteiger partial charge in [-0.15, -0.1) is 0 Å². The number of fused-ring (bicyclic) bond motifs is 2. The van der Waals surface area contributed by atoms with E-state index >= 15 is 0 Å². The van der Waals surface area contributed by atoms with Crippen molar-refractivity contribution in [3.05, 3.63) is 83.4 Å². The van der Waals surface area contributed by atoms with Crippen molar-refractivity contribution >= 4 is 40.0 Å². The number of carbonyl (C=O) groups is 2. The summed E-state index contributed by atoms with van der Waals surface area (Å²) in [7, 11) is -1.52. The second-order valence-electron chi connectivity index (χ2n) is 6.69. The van der Waals surface area contributed by atoms with Gasteiger partial charge in [0.15, 0.2) is 5.75 Å². The van der Waals surface area contributed by atoms with E-state index in [1.807, 2.05) is 24.3 Å². The average molecular weight is 456 g/mol. The van der Waals surface area contributed by atoms with Gasteiger partial charge in [-0.05, 0) is 36.4 Å². The maximum Gasteiger partial charge on any atom is 0.341 e. The zero-order valence-electron chi connectivity index (χ0n) is 16.2. The van der Waals surface area contributed by atoms with E-state index in [1.165, 1.54) is 4.90 Å². The maximum absolute atomic E-state index is 12.9. The summed E-state index contributed by atoms with van der Waals surface area (Å²) in [5, 5.41) is 0.438. The molecule has 31 heavy (non-hydrogen) atoms. The Bertz CT molecular complexity index is 1160.